The lowest BCUT2D eigenvalue weighted by molar-refractivity contribution is 0.375. The summed E-state index contributed by atoms with van der Waals surface area (Å²) in [5.41, 5.74) is 0. The Labute approximate surface area is 50.2 Å². The van der Waals surface area contributed by atoms with E-state index in [2.05, 4.69) is 24.2 Å². The van der Waals surface area contributed by atoms with Crippen LogP contribution >= 0.6 is 0 Å². The van der Waals surface area contributed by atoms with Crippen LogP contribution in [-0.4, -0.2) is 24.5 Å². The molecule has 0 saturated heterocycles. The molecule has 46 valence electrons. The van der Waals surface area contributed by atoms with Crippen LogP contribution in [0.15, 0.2) is 12.4 Å². The van der Waals surface area contributed by atoms with Crippen molar-refractivity contribution in [2.75, 3.05) is 13.6 Å². The molecule has 1 rings (SSSR count). The van der Waals surface area contributed by atoms with Crippen molar-refractivity contribution < 1.29 is 0 Å². The van der Waals surface area contributed by atoms with Crippen molar-refractivity contribution in [2.24, 2.45) is 0 Å². The standard InChI is InChI=1S/C6H12N2/c1-6-5-8(2)4-3-7-6/h3-4,6-7H,5H2,1-2H3. The van der Waals surface area contributed by atoms with E-state index in [1.165, 1.54) is 0 Å². The van der Waals surface area contributed by atoms with Gasteiger partial charge in [-0.3, -0.25) is 0 Å². The third-order valence-electron chi connectivity index (χ3n) is 1.27. The summed E-state index contributed by atoms with van der Waals surface area (Å²) in [6, 6.07) is 0.602. The summed E-state index contributed by atoms with van der Waals surface area (Å²) >= 11 is 0. The molecule has 0 amide bonds. The van der Waals surface area contributed by atoms with Crippen LogP contribution in [0.3, 0.4) is 0 Å². The highest BCUT2D eigenvalue weighted by Gasteiger charge is 2.03. The summed E-state index contributed by atoms with van der Waals surface area (Å²) in [5, 5.41) is 3.19. The lowest BCUT2D eigenvalue weighted by Gasteiger charge is -2.24. The van der Waals surface area contributed by atoms with Crippen LogP contribution in [0.2, 0.25) is 0 Å². The largest absolute Gasteiger partial charge is 0.385 e. The lowest BCUT2D eigenvalue weighted by atomic mass is 10.3. The van der Waals surface area contributed by atoms with Gasteiger partial charge in [0.2, 0.25) is 0 Å². The smallest absolute Gasteiger partial charge is 0.0403 e. The first-order valence-corrected chi connectivity index (χ1v) is 2.92. The minimum absolute atomic E-state index is 0.602. The molecule has 1 aliphatic rings. The van der Waals surface area contributed by atoms with Gasteiger partial charge in [0.05, 0.1) is 0 Å². The molecule has 1 N–H and O–H groups in total. The zero-order chi connectivity index (χ0) is 5.98. The highest BCUT2D eigenvalue weighted by Crippen LogP contribution is 1.94. The van der Waals surface area contributed by atoms with Gasteiger partial charge in [-0.05, 0) is 6.92 Å². The van der Waals surface area contributed by atoms with Crippen LogP contribution < -0.4 is 5.32 Å². The first-order valence-electron chi connectivity index (χ1n) is 2.92. The van der Waals surface area contributed by atoms with Crippen molar-refractivity contribution >= 4 is 0 Å². The summed E-state index contributed by atoms with van der Waals surface area (Å²) in [4.78, 5) is 2.17. The number of nitrogens with zero attached hydrogens (tertiary/aromatic N) is 1. The monoisotopic (exact) mass is 112 g/mol. The molecule has 2 heteroatoms. The quantitative estimate of drug-likeness (QED) is 0.487. The maximum Gasteiger partial charge on any atom is 0.0403 e. The van der Waals surface area contributed by atoms with Crippen LogP contribution in [0, 0.1) is 0 Å². The van der Waals surface area contributed by atoms with Crippen molar-refractivity contribution in [1.82, 2.24) is 10.2 Å². The molecule has 0 aromatic heterocycles. The zero-order valence-corrected chi connectivity index (χ0v) is 5.39. The molecule has 1 unspecified atom stereocenters. The Morgan fingerprint density at radius 3 is 2.88 bits per heavy atom. The van der Waals surface area contributed by atoms with E-state index in [1.54, 1.807) is 0 Å². The number of nitrogens with one attached hydrogen (secondary N) is 1. The van der Waals surface area contributed by atoms with Crippen molar-refractivity contribution in [3.05, 3.63) is 12.4 Å². The van der Waals surface area contributed by atoms with E-state index in [9.17, 15) is 0 Å². The molecule has 0 aromatic rings. The van der Waals surface area contributed by atoms with Crippen LogP contribution in [0.25, 0.3) is 0 Å². The Morgan fingerprint density at radius 2 is 2.50 bits per heavy atom. The molecule has 0 radical (unpaired) electrons. The second-order valence-electron chi connectivity index (χ2n) is 2.32. The SMILES string of the molecule is CC1CN(C)C=CN1. The predicted octanol–water partition coefficient (Wildman–Crippen LogP) is 0.381. The fraction of sp³-hybridized carbons (Fsp3) is 0.667. The van der Waals surface area contributed by atoms with E-state index in [0.717, 1.165) is 6.54 Å². The van der Waals surface area contributed by atoms with Crippen molar-refractivity contribution in [1.29, 1.82) is 0 Å². The maximum absolute atomic E-state index is 3.19. The molecule has 2 nitrogen and oxygen atoms in total. The Balaban J connectivity index is 2.42. The number of hydrogen-bond donors (Lipinski definition) is 1. The van der Waals surface area contributed by atoms with Gasteiger partial charge >= 0.3 is 0 Å². The summed E-state index contributed by atoms with van der Waals surface area (Å²) in [6.45, 7) is 3.27. The van der Waals surface area contributed by atoms with Gasteiger partial charge in [0.1, 0.15) is 0 Å². The molecule has 0 spiro atoms. The second kappa shape index (κ2) is 2.07. The summed E-state index contributed by atoms with van der Waals surface area (Å²) < 4.78 is 0. The maximum atomic E-state index is 3.19. The van der Waals surface area contributed by atoms with E-state index in [1.807, 2.05) is 12.4 Å². The normalized spacial score (nSPS) is 27.8. The molecule has 1 aliphatic heterocycles. The minimum atomic E-state index is 0.602. The summed E-state index contributed by atoms with van der Waals surface area (Å²) in [5.74, 6) is 0. The number of rotatable bonds is 0. The first kappa shape index (κ1) is 5.48. The van der Waals surface area contributed by atoms with Gasteiger partial charge in [-0.1, -0.05) is 0 Å². The molecule has 8 heavy (non-hydrogen) atoms. The predicted molar refractivity (Wildman–Crippen MR) is 34.4 cm³/mol. The Bertz CT molecular complexity index is 98.7. The van der Waals surface area contributed by atoms with Crippen molar-refractivity contribution in [2.45, 2.75) is 13.0 Å². The van der Waals surface area contributed by atoms with E-state index in [-0.39, 0.29) is 0 Å². The van der Waals surface area contributed by atoms with Crippen LogP contribution in [0.5, 0.6) is 0 Å². The van der Waals surface area contributed by atoms with Crippen LogP contribution in [-0.2, 0) is 0 Å². The van der Waals surface area contributed by atoms with Gasteiger partial charge < -0.3 is 10.2 Å². The lowest BCUT2D eigenvalue weighted by Crippen LogP contribution is -2.36. The molecule has 0 bridgehead atoms. The first-order chi connectivity index (χ1) is 3.79. The van der Waals surface area contributed by atoms with Crippen molar-refractivity contribution in [3.8, 4) is 0 Å². The minimum Gasteiger partial charge on any atom is -0.385 e. The summed E-state index contributed by atoms with van der Waals surface area (Å²) in [6.07, 6.45) is 4.02. The third kappa shape index (κ3) is 1.15. The van der Waals surface area contributed by atoms with Gasteiger partial charge in [0.15, 0.2) is 0 Å². The highest BCUT2D eigenvalue weighted by atomic mass is 15.1. The zero-order valence-electron chi connectivity index (χ0n) is 5.39. The van der Waals surface area contributed by atoms with Crippen molar-refractivity contribution in [3.63, 3.8) is 0 Å². The average molecular weight is 112 g/mol. The van der Waals surface area contributed by atoms with Crippen LogP contribution in [0.4, 0.5) is 0 Å². The fourth-order valence-electron chi connectivity index (χ4n) is 0.880. The molecule has 0 saturated carbocycles. The van der Waals surface area contributed by atoms with E-state index in [4.69, 9.17) is 0 Å². The van der Waals surface area contributed by atoms with Gasteiger partial charge in [-0.25, -0.2) is 0 Å². The van der Waals surface area contributed by atoms with E-state index < -0.39 is 0 Å². The van der Waals surface area contributed by atoms with Crippen LogP contribution in [0.1, 0.15) is 6.92 Å². The fourth-order valence-corrected chi connectivity index (χ4v) is 0.880. The Hall–Kier alpha value is -0.660. The molecule has 0 aliphatic carbocycles. The molecule has 0 fully saturated rings. The molecule has 0 aromatic carbocycles. The molecule has 1 atom stereocenters. The van der Waals surface area contributed by atoms with Gasteiger partial charge in [0.25, 0.3) is 0 Å². The topological polar surface area (TPSA) is 15.3 Å². The molecular formula is C6H12N2. The highest BCUT2D eigenvalue weighted by molar-refractivity contribution is 4.88. The third-order valence-corrected chi connectivity index (χ3v) is 1.27. The Morgan fingerprint density at radius 1 is 1.75 bits per heavy atom. The average Bonchev–Trinajstić information content (AvgIpc) is 1.64. The second-order valence-corrected chi connectivity index (χ2v) is 2.32. The van der Waals surface area contributed by atoms with Gasteiger partial charge in [-0.15, -0.1) is 0 Å². The van der Waals surface area contributed by atoms with E-state index >= 15 is 0 Å². The van der Waals surface area contributed by atoms with E-state index in [0.29, 0.717) is 6.04 Å². The molecule has 1 heterocycles. The summed E-state index contributed by atoms with van der Waals surface area (Å²) in [7, 11) is 2.08. The number of likely N-dealkylation sites (N-methyl/N-ethyl adjacent to an activating group) is 1. The van der Waals surface area contributed by atoms with Gasteiger partial charge in [-0.2, -0.15) is 0 Å². The van der Waals surface area contributed by atoms with Gasteiger partial charge in [0, 0.05) is 32.0 Å². The Kier molecular flexibility index (Phi) is 1.42. The number of hydrogen-bond acceptors (Lipinski definition) is 2. The molecular weight excluding hydrogens is 100 g/mol.